The molecule has 0 spiro atoms. The number of nitrogens with zero attached hydrogens (tertiary/aromatic N) is 5. The van der Waals surface area contributed by atoms with Crippen molar-refractivity contribution in [3.05, 3.63) is 92.2 Å². The van der Waals surface area contributed by atoms with Crippen molar-refractivity contribution in [2.45, 2.75) is 45.3 Å². The van der Waals surface area contributed by atoms with Crippen LogP contribution in [0, 0.1) is 18.6 Å². The summed E-state index contributed by atoms with van der Waals surface area (Å²) < 4.78 is 34.2. The largest absolute Gasteiger partial charge is 0.485 e. The van der Waals surface area contributed by atoms with Gasteiger partial charge in [0.1, 0.15) is 34.5 Å². The molecule has 0 amide bonds. The van der Waals surface area contributed by atoms with Crippen LogP contribution in [0.4, 0.5) is 8.78 Å². The van der Waals surface area contributed by atoms with E-state index in [9.17, 15) is 18.7 Å². The molecule has 38 heavy (non-hydrogen) atoms. The highest BCUT2D eigenvalue weighted by Gasteiger charge is 2.39. The lowest BCUT2D eigenvalue weighted by molar-refractivity contribution is -0.0468. The maximum absolute atomic E-state index is 14.0. The third-order valence-corrected chi connectivity index (χ3v) is 7.25. The van der Waals surface area contributed by atoms with Crippen molar-refractivity contribution in [3.63, 3.8) is 0 Å². The number of aryl methyl sites for hydroxylation is 1. The summed E-state index contributed by atoms with van der Waals surface area (Å²) in [6.45, 7) is 3.87. The summed E-state index contributed by atoms with van der Waals surface area (Å²) in [6, 6.07) is 4.07. The molecule has 198 valence electrons. The Labute approximate surface area is 222 Å². The fourth-order valence-electron chi connectivity index (χ4n) is 4.65. The SMILES string of the molecule is CC1=C(n2c(C)cc(OCc3ncc(F)cc3F)c(Cl)c2=O)C=C(c2ccnc(C3(O)CCC3)n2)N(C)C1. The van der Waals surface area contributed by atoms with E-state index in [-0.39, 0.29) is 23.1 Å². The topological polar surface area (TPSA) is 93.4 Å². The Morgan fingerprint density at radius 3 is 2.66 bits per heavy atom. The number of likely N-dealkylation sites (N-methyl/N-ethyl adjacent to an activating group) is 1. The molecule has 1 fully saturated rings. The van der Waals surface area contributed by atoms with Crippen molar-refractivity contribution < 1.29 is 18.6 Å². The lowest BCUT2D eigenvalue weighted by Crippen LogP contribution is -2.36. The normalized spacial score (nSPS) is 16.8. The van der Waals surface area contributed by atoms with Crippen molar-refractivity contribution in [2.24, 2.45) is 0 Å². The molecule has 1 aliphatic heterocycles. The molecule has 3 aromatic heterocycles. The predicted molar refractivity (Wildman–Crippen MR) is 138 cm³/mol. The average molecular weight is 542 g/mol. The van der Waals surface area contributed by atoms with Gasteiger partial charge >= 0.3 is 0 Å². The van der Waals surface area contributed by atoms with Crippen molar-refractivity contribution in [2.75, 3.05) is 13.6 Å². The number of allylic oxidation sites excluding steroid dienone is 2. The standard InChI is InChI=1S/C27H26ClF2N5O3/c1-15-13-34(3)22(19-5-8-31-26(33-19)27(37)6-4-7-27)11-21(15)35-16(2)9-23(24(28)25(35)36)38-14-20-18(30)10-17(29)12-32-20/h5,8-12,37H,4,6-7,13-14H2,1-3H3. The van der Waals surface area contributed by atoms with E-state index in [1.54, 1.807) is 25.3 Å². The quantitative estimate of drug-likeness (QED) is 0.493. The average Bonchev–Trinajstić information content (AvgIpc) is 2.86. The molecule has 8 nitrogen and oxygen atoms in total. The first-order valence-electron chi connectivity index (χ1n) is 12.1. The van der Waals surface area contributed by atoms with Crippen LogP contribution in [0.3, 0.4) is 0 Å². The van der Waals surface area contributed by atoms with Crippen LogP contribution < -0.4 is 10.3 Å². The number of hydrogen-bond donors (Lipinski definition) is 1. The molecular formula is C27H26ClF2N5O3. The lowest BCUT2D eigenvalue weighted by Gasteiger charge is -2.35. The van der Waals surface area contributed by atoms with Crippen LogP contribution in [-0.4, -0.2) is 43.1 Å². The molecule has 0 bridgehead atoms. The summed E-state index contributed by atoms with van der Waals surface area (Å²) in [5, 5.41) is 10.6. The molecule has 0 radical (unpaired) electrons. The van der Waals surface area contributed by atoms with Crippen LogP contribution in [0.2, 0.25) is 5.02 Å². The van der Waals surface area contributed by atoms with Gasteiger partial charge in [0.25, 0.3) is 5.56 Å². The van der Waals surface area contributed by atoms with Crippen molar-refractivity contribution >= 4 is 23.0 Å². The zero-order valence-electron chi connectivity index (χ0n) is 21.1. The molecule has 0 unspecified atom stereocenters. The van der Waals surface area contributed by atoms with Crippen LogP contribution in [0.25, 0.3) is 11.4 Å². The number of halogens is 3. The molecule has 4 heterocycles. The Kier molecular flexibility index (Phi) is 6.79. The maximum atomic E-state index is 14.0. The van der Waals surface area contributed by atoms with Crippen LogP contribution in [0.15, 0.2) is 47.0 Å². The van der Waals surface area contributed by atoms with Crippen molar-refractivity contribution in [1.82, 2.24) is 24.4 Å². The van der Waals surface area contributed by atoms with Crippen LogP contribution >= 0.6 is 11.6 Å². The third-order valence-electron chi connectivity index (χ3n) is 6.90. The van der Waals surface area contributed by atoms with Crippen LogP contribution in [0.5, 0.6) is 5.75 Å². The second-order valence-electron chi connectivity index (χ2n) is 9.68. The maximum Gasteiger partial charge on any atom is 0.277 e. The van der Waals surface area contributed by atoms with Crippen LogP contribution in [0.1, 0.15) is 49.1 Å². The van der Waals surface area contributed by atoms with Crippen molar-refractivity contribution in [1.29, 1.82) is 0 Å². The Balaban J connectivity index is 1.49. The van der Waals surface area contributed by atoms with Gasteiger partial charge in [-0.1, -0.05) is 11.6 Å². The molecule has 1 N–H and O–H groups in total. The molecule has 1 aliphatic carbocycles. The number of pyridine rings is 2. The molecule has 0 atom stereocenters. The number of aliphatic hydroxyl groups is 1. The van der Waals surface area contributed by atoms with Gasteiger partial charge in [0, 0.05) is 37.6 Å². The molecule has 5 rings (SSSR count). The Morgan fingerprint density at radius 1 is 1.21 bits per heavy atom. The molecule has 3 aromatic rings. The summed E-state index contributed by atoms with van der Waals surface area (Å²) in [7, 11) is 1.92. The Hall–Kier alpha value is -3.63. The molecular weight excluding hydrogens is 516 g/mol. The van der Waals surface area contributed by atoms with Gasteiger partial charge in [0.15, 0.2) is 11.6 Å². The predicted octanol–water partition coefficient (Wildman–Crippen LogP) is 4.44. The van der Waals surface area contributed by atoms with E-state index < -0.39 is 22.8 Å². The summed E-state index contributed by atoms with van der Waals surface area (Å²) >= 11 is 6.41. The molecule has 2 aliphatic rings. The second kappa shape index (κ2) is 9.92. The minimum Gasteiger partial charge on any atom is -0.485 e. The molecule has 1 saturated carbocycles. The summed E-state index contributed by atoms with van der Waals surface area (Å²) in [4.78, 5) is 28.1. The fourth-order valence-corrected chi connectivity index (χ4v) is 4.85. The Bertz CT molecular complexity index is 1550. The van der Waals surface area contributed by atoms with Crippen molar-refractivity contribution in [3.8, 4) is 5.75 Å². The summed E-state index contributed by atoms with van der Waals surface area (Å²) in [5.41, 5.74) is 1.90. The smallest absolute Gasteiger partial charge is 0.277 e. The van der Waals surface area contributed by atoms with Gasteiger partial charge in [-0.2, -0.15) is 0 Å². The van der Waals surface area contributed by atoms with E-state index in [0.717, 1.165) is 23.9 Å². The minimum absolute atomic E-state index is 0.0699. The first-order chi connectivity index (χ1) is 18.1. The molecule has 0 aromatic carbocycles. The van der Waals surface area contributed by atoms with Gasteiger partial charge in [-0.3, -0.25) is 14.3 Å². The highest BCUT2D eigenvalue weighted by Crippen LogP contribution is 2.39. The zero-order chi connectivity index (χ0) is 27.2. The van der Waals surface area contributed by atoms with Gasteiger partial charge in [-0.05, 0) is 50.8 Å². The zero-order valence-corrected chi connectivity index (χ0v) is 21.9. The summed E-state index contributed by atoms with van der Waals surface area (Å²) in [6.07, 6.45) is 6.56. The first-order valence-corrected chi connectivity index (χ1v) is 12.5. The van der Waals surface area contributed by atoms with Crippen LogP contribution in [-0.2, 0) is 12.2 Å². The van der Waals surface area contributed by atoms with Gasteiger partial charge in [0.2, 0.25) is 0 Å². The highest BCUT2D eigenvalue weighted by molar-refractivity contribution is 6.31. The van der Waals surface area contributed by atoms with E-state index in [1.807, 2.05) is 24.9 Å². The number of rotatable bonds is 6. The van der Waals surface area contributed by atoms with E-state index in [2.05, 4.69) is 15.0 Å². The number of ether oxygens (including phenoxy) is 1. The molecule has 0 saturated heterocycles. The lowest BCUT2D eigenvalue weighted by atomic mass is 9.79. The number of hydrogen-bond acceptors (Lipinski definition) is 7. The van der Waals surface area contributed by atoms with Gasteiger partial charge in [-0.25, -0.2) is 18.7 Å². The fraction of sp³-hybridized carbons (Fsp3) is 0.333. The van der Waals surface area contributed by atoms with E-state index in [1.165, 1.54) is 4.57 Å². The third kappa shape index (κ3) is 4.69. The van der Waals surface area contributed by atoms with E-state index >= 15 is 0 Å². The number of aromatic nitrogens is 4. The Morgan fingerprint density at radius 2 is 1.97 bits per heavy atom. The van der Waals surface area contributed by atoms with Gasteiger partial charge in [0.05, 0.1) is 23.3 Å². The highest BCUT2D eigenvalue weighted by atomic mass is 35.5. The first kappa shape index (κ1) is 26.0. The minimum atomic E-state index is -0.998. The monoisotopic (exact) mass is 541 g/mol. The summed E-state index contributed by atoms with van der Waals surface area (Å²) in [5.74, 6) is -1.18. The van der Waals surface area contributed by atoms with E-state index in [0.29, 0.717) is 48.4 Å². The van der Waals surface area contributed by atoms with E-state index in [4.69, 9.17) is 16.3 Å². The second-order valence-corrected chi connectivity index (χ2v) is 10.1. The van der Waals surface area contributed by atoms with Gasteiger partial charge < -0.3 is 14.7 Å². The molecule has 11 heteroatoms. The van der Waals surface area contributed by atoms with Gasteiger partial charge in [-0.15, -0.1) is 0 Å².